The Morgan fingerprint density at radius 2 is 1.80 bits per heavy atom. The van der Waals surface area contributed by atoms with Crippen LogP contribution in [0.25, 0.3) is 17.0 Å². The monoisotopic (exact) mass is 421 g/mol. The number of para-hydroxylation sites is 2. The van der Waals surface area contributed by atoms with Crippen molar-refractivity contribution >= 4 is 51.8 Å². The first kappa shape index (κ1) is 20.0. The fraction of sp³-hybridized carbons (Fsp3) is 0.174. The molecule has 0 aliphatic carbocycles. The molecule has 4 rings (SSSR count). The van der Waals surface area contributed by atoms with Crippen LogP contribution in [0.15, 0.2) is 60.3 Å². The third-order valence-electron chi connectivity index (χ3n) is 4.88. The van der Waals surface area contributed by atoms with E-state index in [9.17, 15) is 14.0 Å². The average molecular weight is 421 g/mol. The number of nitrogens with zero attached hydrogens (tertiary/aromatic N) is 2. The molecule has 2 heterocycles. The van der Waals surface area contributed by atoms with Gasteiger partial charge in [-0.15, -0.1) is 0 Å². The number of hydrogen-bond donors (Lipinski definition) is 1. The zero-order valence-electron chi connectivity index (χ0n) is 16.6. The zero-order valence-corrected chi connectivity index (χ0v) is 17.4. The lowest BCUT2D eigenvalue weighted by Crippen LogP contribution is -2.54. The molecule has 152 valence electrons. The molecule has 2 amide bonds. The number of hydrogen-bond acceptors (Lipinski definition) is 3. The third kappa shape index (κ3) is 3.52. The van der Waals surface area contributed by atoms with Gasteiger partial charge in [0.05, 0.1) is 5.69 Å². The zero-order chi connectivity index (χ0) is 21.4. The Bertz CT molecular complexity index is 1210. The van der Waals surface area contributed by atoms with Gasteiger partial charge in [0.1, 0.15) is 11.4 Å². The second kappa shape index (κ2) is 7.84. The number of amides is 2. The Balaban J connectivity index is 1.81. The van der Waals surface area contributed by atoms with Gasteiger partial charge in [-0.1, -0.05) is 44.2 Å². The van der Waals surface area contributed by atoms with Gasteiger partial charge in [-0.25, -0.2) is 9.29 Å². The van der Waals surface area contributed by atoms with E-state index in [2.05, 4.69) is 23.7 Å². The molecule has 1 aromatic heterocycles. The summed E-state index contributed by atoms with van der Waals surface area (Å²) in [6, 6.07) is 13.6. The lowest BCUT2D eigenvalue weighted by atomic mass is 10.1. The van der Waals surface area contributed by atoms with Gasteiger partial charge in [0, 0.05) is 29.2 Å². The summed E-state index contributed by atoms with van der Waals surface area (Å²) in [5, 5.41) is 3.28. The summed E-state index contributed by atoms with van der Waals surface area (Å²) in [6.07, 6.45) is 3.48. The highest BCUT2D eigenvalue weighted by atomic mass is 32.1. The Kier molecular flexibility index (Phi) is 5.22. The minimum atomic E-state index is -0.658. The number of anilines is 1. The predicted molar refractivity (Wildman–Crippen MR) is 119 cm³/mol. The summed E-state index contributed by atoms with van der Waals surface area (Å²) in [5.41, 5.74) is 1.66. The third-order valence-corrected chi connectivity index (χ3v) is 5.16. The highest BCUT2D eigenvalue weighted by molar-refractivity contribution is 7.80. The molecule has 2 aromatic carbocycles. The molecule has 1 saturated heterocycles. The fourth-order valence-electron chi connectivity index (χ4n) is 3.60. The molecule has 1 N–H and O–H groups in total. The van der Waals surface area contributed by atoms with Crippen LogP contribution < -0.4 is 10.2 Å². The number of aromatic nitrogens is 1. The summed E-state index contributed by atoms with van der Waals surface area (Å²) in [6.45, 7) is 5.05. The first-order chi connectivity index (χ1) is 14.4. The molecule has 1 aliphatic heterocycles. The summed E-state index contributed by atoms with van der Waals surface area (Å²) >= 11 is 5.14. The van der Waals surface area contributed by atoms with Crippen molar-refractivity contribution in [3.8, 4) is 0 Å². The van der Waals surface area contributed by atoms with Crippen molar-refractivity contribution in [2.45, 2.75) is 20.4 Å². The van der Waals surface area contributed by atoms with Gasteiger partial charge < -0.3 is 4.57 Å². The van der Waals surface area contributed by atoms with E-state index in [-0.39, 0.29) is 16.4 Å². The van der Waals surface area contributed by atoms with Gasteiger partial charge in [-0.05, 0) is 42.4 Å². The molecule has 5 nitrogen and oxygen atoms in total. The maximum absolute atomic E-state index is 14.3. The lowest BCUT2D eigenvalue weighted by Gasteiger charge is -2.29. The maximum atomic E-state index is 14.3. The summed E-state index contributed by atoms with van der Waals surface area (Å²) in [7, 11) is 0. The van der Waals surface area contributed by atoms with Crippen LogP contribution in [0.1, 0.15) is 19.4 Å². The minimum Gasteiger partial charge on any atom is -0.347 e. The standard InChI is InChI=1S/C23H20FN3O2S/c1-14(2)12-26-13-15(16-7-3-5-9-19(16)26)11-17-21(28)25-23(30)27(22(17)29)20-10-6-4-8-18(20)24/h3-11,13-14H,12H2,1-2H3,(H,25,28,30). The second-order valence-electron chi connectivity index (χ2n) is 7.56. The molecule has 0 radical (unpaired) electrons. The molecule has 1 fully saturated rings. The Hall–Kier alpha value is -3.32. The van der Waals surface area contributed by atoms with Gasteiger partial charge >= 0.3 is 0 Å². The van der Waals surface area contributed by atoms with Crippen LogP contribution in [0, 0.1) is 11.7 Å². The number of halogens is 1. The van der Waals surface area contributed by atoms with E-state index in [1.807, 2.05) is 30.5 Å². The van der Waals surface area contributed by atoms with E-state index in [0.717, 1.165) is 27.9 Å². The van der Waals surface area contributed by atoms with Crippen LogP contribution >= 0.6 is 12.2 Å². The van der Waals surface area contributed by atoms with Gasteiger partial charge in [0.2, 0.25) is 0 Å². The first-order valence-electron chi connectivity index (χ1n) is 9.60. The Morgan fingerprint density at radius 1 is 1.10 bits per heavy atom. The Morgan fingerprint density at radius 3 is 2.53 bits per heavy atom. The molecule has 30 heavy (non-hydrogen) atoms. The second-order valence-corrected chi connectivity index (χ2v) is 7.94. The molecule has 1 aliphatic rings. The Labute approximate surface area is 178 Å². The predicted octanol–water partition coefficient (Wildman–Crippen LogP) is 4.27. The maximum Gasteiger partial charge on any atom is 0.270 e. The van der Waals surface area contributed by atoms with Crippen LogP contribution in [0.4, 0.5) is 10.1 Å². The quantitative estimate of drug-likeness (QED) is 0.389. The van der Waals surface area contributed by atoms with Crippen LogP contribution in [-0.2, 0) is 16.1 Å². The van der Waals surface area contributed by atoms with Crippen molar-refractivity contribution in [3.63, 3.8) is 0 Å². The number of thiocarbonyl (C=S) groups is 1. The summed E-state index contributed by atoms with van der Waals surface area (Å²) < 4.78 is 16.4. The number of rotatable bonds is 4. The van der Waals surface area contributed by atoms with E-state index < -0.39 is 17.6 Å². The summed E-state index contributed by atoms with van der Waals surface area (Å²) in [5.74, 6) is -1.43. The number of fused-ring (bicyclic) bond motifs is 1. The number of benzene rings is 2. The van der Waals surface area contributed by atoms with Crippen LogP contribution in [0.5, 0.6) is 0 Å². The van der Waals surface area contributed by atoms with Crippen molar-refractivity contribution in [1.29, 1.82) is 0 Å². The van der Waals surface area contributed by atoms with E-state index >= 15 is 0 Å². The van der Waals surface area contributed by atoms with Gasteiger partial charge in [0.15, 0.2) is 5.11 Å². The highest BCUT2D eigenvalue weighted by Crippen LogP contribution is 2.28. The molecule has 7 heteroatoms. The first-order valence-corrected chi connectivity index (χ1v) is 10.0. The topological polar surface area (TPSA) is 54.3 Å². The molecular formula is C23H20FN3O2S. The van der Waals surface area contributed by atoms with Crippen LogP contribution in [0.3, 0.4) is 0 Å². The van der Waals surface area contributed by atoms with Crippen LogP contribution in [-0.4, -0.2) is 21.5 Å². The normalized spacial score (nSPS) is 16.1. The van der Waals surface area contributed by atoms with E-state index in [1.54, 1.807) is 12.1 Å². The molecule has 0 spiro atoms. The van der Waals surface area contributed by atoms with E-state index in [4.69, 9.17) is 12.2 Å². The number of carbonyl (C=O) groups is 2. The minimum absolute atomic E-state index is 0.000589. The highest BCUT2D eigenvalue weighted by Gasteiger charge is 2.35. The molecular weight excluding hydrogens is 401 g/mol. The molecule has 0 atom stereocenters. The van der Waals surface area contributed by atoms with Crippen LogP contribution in [0.2, 0.25) is 0 Å². The van der Waals surface area contributed by atoms with Crippen molar-refractivity contribution in [3.05, 3.63) is 71.7 Å². The number of carbonyl (C=O) groups excluding carboxylic acids is 2. The van der Waals surface area contributed by atoms with Gasteiger partial charge in [-0.2, -0.15) is 0 Å². The molecule has 0 saturated carbocycles. The molecule has 0 bridgehead atoms. The van der Waals surface area contributed by atoms with Crippen molar-refractivity contribution in [2.24, 2.45) is 5.92 Å². The SMILES string of the molecule is CC(C)Cn1cc(C=C2C(=O)NC(=S)N(c3ccccc3F)C2=O)c2ccccc21. The smallest absolute Gasteiger partial charge is 0.270 e. The van der Waals surface area contributed by atoms with E-state index in [0.29, 0.717) is 5.92 Å². The lowest BCUT2D eigenvalue weighted by molar-refractivity contribution is -0.122. The molecule has 3 aromatic rings. The van der Waals surface area contributed by atoms with Crippen molar-refractivity contribution < 1.29 is 14.0 Å². The van der Waals surface area contributed by atoms with Crippen molar-refractivity contribution in [1.82, 2.24) is 9.88 Å². The average Bonchev–Trinajstić information content (AvgIpc) is 3.03. The molecule has 0 unspecified atom stereocenters. The van der Waals surface area contributed by atoms with Crippen molar-refractivity contribution in [2.75, 3.05) is 4.90 Å². The fourth-order valence-corrected chi connectivity index (χ4v) is 3.87. The largest absolute Gasteiger partial charge is 0.347 e. The van der Waals surface area contributed by atoms with E-state index in [1.165, 1.54) is 18.2 Å². The summed E-state index contributed by atoms with van der Waals surface area (Å²) in [4.78, 5) is 26.8. The van der Waals surface area contributed by atoms with Gasteiger partial charge in [0.25, 0.3) is 11.8 Å². The van der Waals surface area contributed by atoms with Gasteiger partial charge in [-0.3, -0.25) is 14.9 Å². The number of nitrogens with one attached hydrogen (secondary N) is 1.